The molecule has 0 atom stereocenters. The summed E-state index contributed by atoms with van der Waals surface area (Å²) < 4.78 is 14.0. The minimum Gasteiger partial charge on any atom is -0.456 e. The second-order valence-corrected chi connectivity index (χ2v) is 20.1. The van der Waals surface area contributed by atoms with Gasteiger partial charge >= 0.3 is 0 Å². The lowest BCUT2D eigenvalue weighted by molar-refractivity contribution is 0.638. The Morgan fingerprint density at radius 3 is 1.11 bits per heavy atom. The average Bonchev–Trinajstić information content (AvgIpc) is 3.95. The van der Waals surface area contributed by atoms with E-state index < -0.39 is 0 Å². The van der Waals surface area contributed by atoms with Gasteiger partial charge < -0.3 is 18.6 Å². The van der Waals surface area contributed by atoms with Gasteiger partial charge in [0.1, 0.15) is 22.3 Å². The van der Waals surface area contributed by atoms with E-state index in [0.717, 1.165) is 93.7 Å². The highest BCUT2D eigenvalue weighted by Gasteiger charge is 2.25. The molecule has 0 amide bonds. The summed E-state index contributed by atoms with van der Waals surface area (Å²) in [5.41, 5.74) is 21.0. The van der Waals surface area contributed by atoms with Gasteiger partial charge in [0.15, 0.2) is 0 Å². The largest absolute Gasteiger partial charge is 0.456 e. The predicted molar refractivity (Wildman–Crippen MR) is 309 cm³/mol. The van der Waals surface area contributed by atoms with Gasteiger partial charge in [0.2, 0.25) is 0 Å². The molecule has 0 aliphatic carbocycles. The maximum Gasteiger partial charge on any atom is 0.142 e. The SMILES string of the molecule is Cc1cccc(C)c1N(c1cccc(-c2ccccc2)c1)c1ccc2cc3c(cc2c1)oc1c(C(C)C)c2oc4cc5cc(N(c6cccc(-c7ccccc7)c6)c6c(C)cccc6C)ccc5cc4c2cc13. The highest BCUT2D eigenvalue weighted by Crippen LogP contribution is 2.47. The number of hydrogen-bond acceptors (Lipinski definition) is 4. The van der Waals surface area contributed by atoms with E-state index in [-0.39, 0.29) is 5.92 Å². The topological polar surface area (TPSA) is 32.8 Å². The van der Waals surface area contributed by atoms with Gasteiger partial charge in [0.25, 0.3) is 0 Å². The van der Waals surface area contributed by atoms with Crippen LogP contribution in [0.15, 0.2) is 221 Å². The number of rotatable bonds is 9. The van der Waals surface area contributed by atoms with Crippen molar-refractivity contribution in [1.82, 2.24) is 0 Å². The summed E-state index contributed by atoms with van der Waals surface area (Å²) in [6.45, 7) is 13.3. The van der Waals surface area contributed by atoms with Crippen LogP contribution in [0.5, 0.6) is 0 Å². The molecule has 11 aromatic carbocycles. The van der Waals surface area contributed by atoms with Crippen molar-refractivity contribution >= 4 is 99.5 Å². The maximum atomic E-state index is 7.01. The van der Waals surface area contributed by atoms with Gasteiger partial charge in [-0.1, -0.05) is 147 Å². The van der Waals surface area contributed by atoms with E-state index >= 15 is 0 Å². The van der Waals surface area contributed by atoms with Gasteiger partial charge in [-0.3, -0.25) is 0 Å². The van der Waals surface area contributed by atoms with Gasteiger partial charge in [0.05, 0.1) is 11.4 Å². The highest BCUT2D eigenvalue weighted by atomic mass is 16.3. The Kier molecular flexibility index (Phi) is 10.6. The second kappa shape index (κ2) is 17.5. The highest BCUT2D eigenvalue weighted by molar-refractivity contribution is 6.20. The Hall–Kier alpha value is -8.86. The lowest BCUT2D eigenvalue weighted by atomic mass is 9.95. The van der Waals surface area contributed by atoms with Gasteiger partial charge in [0, 0.05) is 49.9 Å². The van der Waals surface area contributed by atoms with Crippen LogP contribution >= 0.6 is 0 Å². The number of aryl methyl sites for hydroxylation is 4. The molecule has 4 heteroatoms. The maximum absolute atomic E-state index is 7.01. The van der Waals surface area contributed by atoms with Crippen molar-refractivity contribution in [2.75, 3.05) is 9.80 Å². The third-order valence-electron chi connectivity index (χ3n) is 15.0. The molecule has 4 nitrogen and oxygen atoms in total. The van der Waals surface area contributed by atoms with E-state index in [1.165, 1.54) is 55.9 Å². The number of anilines is 6. The molecular formula is C69H54N2O2. The Bertz CT molecular complexity index is 3980. The molecule has 73 heavy (non-hydrogen) atoms. The number of nitrogens with zero attached hydrogens (tertiary/aromatic N) is 2. The first-order valence-corrected chi connectivity index (χ1v) is 25.4. The summed E-state index contributed by atoms with van der Waals surface area (Å²) in [5.74, 6) is 0.143. The zero-order chi connectivity index (χ0) is 49.5. The van der Waals surface area contributed by atoms with Crippen LogP contribution in [-0.4, -0.2) is 0 Å². The Morgan fingerprint density at radius 1 is 0.315 bits per heavy atom. The van der Waals surface area contributed by atoms with Crippen LogP contribution in [0.4, 0.5) is 34.1 Å². The van der Waals surface area contributed by atoms with Crippen LogP contribution in [0.1, 0.15) is 47.6 Å². The van der Waals surface area contributed by atoms with E-state index in [9.17, 15) is 0 Å². The van der Waals surface area contributed by atoms with E-state index in [4.69, 9.17) is 8.83 Å². The number of hydrogen-bond donors (Lipinski definition) is 0. The second-order valence-electron chi connectivity index (χ2n) is 20.1. The molecule has 0 saturated heterocycles. The van der Waals surface area contributed by atoms with Crippen LogP contribution in [0.25, 0.3) is 87.7 Å². The van der Waals surface area contributed by atoms with Crippen molar-refractivity contribution in [3.05, 3.63) is 240 Å². The molecule has 0 saturated carbocycles. The van der Waals surface area contributed by atoms with Crippen LogP contribution < -0.4 is 9.80 Å². The Morgan fingerprint density at radius 2 is 0.699 bits per heavy atom. The molecule has 13 aromatic rings. The third-order valence-corrected chi connectivity index (χ3v) is 15.0. The molecule has 0 unspecified atom stereocenters. The van der Waals surface area contributed by atoms with Crippen LogP contribution in [-0.2, 0) is 0 Å². The zero-order valence-electron chi connectivity index (χ0n) is 42.0. The summed E-state index contributed by atoms with van der Waals surface area (Å²) >= 11 is 0. The first kappa shape index (κ1) is 44.1. The minimum absolute atomic E-state index is 0.143. The van der Waals surface area contributed by atoms with E-state index in [1.54, 1.807) is 0 Å². The van der Waals surface area contributed by atoms with Crippen molar-refractivity contribution in [1.29, 1.82) is 0 Å². The number of fused-ring (bicyclic) bond motifs is 8. The summed E-state index contributed by atoms with van der Waals surface area (Å²) in [4.78, 5) is 4.82. The average molecular weight is 943 g/mol. The summed E-state index contributed by atoms with van der Waals surface area (Å²) in [7, 11) is 0. The Labute approximate surface area is 426 Å². The smallest absolute Gasteiger partial charge is 0.142 e. The first-order chi connectivity index (χ1) is 35.6. The van der Waals surface area contributed by atoms with E-state index in [1.807, 2.05) is 0 Å². The monoisotopic (exact) mass is 942 g/mol. The normalized spacial score (nSPS) is 11.8. The van der Waals surface area contributed by atoms with Crippen molar-refractivity contribution in [3.8, 4) is 22.3 Å². The van der Waals surface area contributed by atoms with Crippen molar-refractivity contribution in [3.63, 3.8) is 0 Å². The summed E-state index contributed by atoms with van der Waals surface area (Å²) in [5, 5.41) is 8.96. The van der Waals surface area contributed by atoms with Crippen molar-refractivity contribution in [2.45, 2.75) is 47.5 Å². The minimum atomic E-state index is 0.143. The molecule has 0 spiro atoms. The third kappa shape index (κ3) is 7.52. The molecule has 0 N–H and O–H groups in total. The molecule has 0 aliphatic heterocycles. The van der Waals surface area contributed by atoms with Gasteiger partial charge in [-0.15, -0.1) is 0 Å². The molecule has 2 heterocycles. The molecule has 0 radical (unpaired) electrons. The number of benzene rings is 11. The lowest BCUT2D eigenvalue weighted by Crippen LogP contribution is -2.13. The van der Waals surface area contributed by atoms with E-state index in [2.05, 4.69) is 264 Å². The molecule has 0 fully saturated rings. The molecular weight excluding hydrogens is 889 g/mol. The number of para-hydroxylation sites is 2. The van der Waals surface area contributed by atoms with E-state index in [0.29, 0.717) is 0 Å². The zero-order valence-corrected chi connectivity index (χ0v) is 42.0. The van der Waals surface area contributed by atoms with Crippen LogP contribution in [0.3, 0.4) is 0 Å². The number of furan rings is 2. The predicted octanol–water partition coefficient (Wildman–Crippen LogP) is 20.4. The van der Waals surface area contributed by atoms with Crippen molar-refractivity contribution in [2.24, 2.45) is 0 Å². The fourth-order valence-electron chi connectivity index (χ4n) is 11.5. The lowest BCUT2D eigenvalue weighted by Gasteiger charge is -2.29. The molecule has 0 aliphatic rings. The molecule has 2 aromatic heterocycles. The van der Waals surface area contributed by atoms with Gasteiger partial charge in [-0.2, -0.15) is 0 Å². The first-order valence-electron chi connectivity index (χ1n) is 25.4. The summed E-state index contributed by atoms with van der Waals surface area (Å²) in [6.07, 6.45) is 0. The fourth-order valence-corrected chi connectivity index (χ4v) is 11.5. The quantitative estimate of drug-likeness (QED) is 0.144. The molecule has 13 rings (SSSR count). The fraction of sp³-hybridized carbons (Fsp3) is 0.101. The van der Waals surface area contributed by atoms with Gasteiger partial charge in [-0.25, -0.2) is 0 Å². The standard InChI is InChI=1S/C69H54N2O2/c1-42(2)65-68-61(59-37-51-29-31-57(35-53(51)39-63(59)72-68)70(66-43(3)17-13-18-44(66)4)55-27-15-25-49(33-55)47-21-9-7-10-22-47)41-62-60-38-52-30-32-58(36-54(52)40-64(60)73-69(62)65)71(67-45(5)19-14-20-46(67)6)56-28-16-26-50(34-56)48-23-11-8-12-24-48/h7-42H,1-6H3. The molecule has 0 bridgehead atoms. The summed E-state index contributed by atoms with van der Waals surface area (Å²) in [6, 6.07) is 77.1. The Balaban J connectivity index is 0.935. The van der Waals surface area contributed by atoms with Crippen molar-refractivity contribution < 1.29 is 8.83 Å². The van der Waals surface area contributed by atoms with Crippen LogP contribution in [0.2, 0.25) is 0 Å². The molecule has 352 valence electrons. The van der Waals surface area contributed by atoms with Gasteiger partial charge in [-0.05, 0) is 179 Å². The van der Waals surface area contributed by atoms with Crippen LogP contribution in [0, 0.1) is 27.7 Å².